The summed E-state index contributed by atoms with van der Waals surface area (Å²) in [4.78, 5) is 17.2. The predicted molar refractivity (Wildman–Crippen MR) is 59.4 cm³/mol. The van der Waals surface area contributed by atoms with Crippen molar-refractivity contribution >= 4 is 12.1 Å². The van der Waals surface area contributed by atoms with Crippen molar-refractivity contribution in [2.24, 2.45) is 0 Å². The van der Waals surface area contributed by atoms with Crippen LogP contribution < -0.4 is 10.2 Å². The van der Waals surface area contributed by atoms with Crippen LogP contribution in [0.15, 0.2) is 12.3 Å². The molecular formula is C11H15N3O. The number of aryl methyl sites for hydroxylation is 1. The number of carbonyl (C=O) groups is 1. The number of aldehydes is 1. The summed E-state index contributed by atoms with van der Waals surface area (Å²) in [6.45, 7) is 5.95. The standard InChI is InChI=1S/C11H15N3O/c1-9-6-10(8-15)7-13-11(9)14-4-2-12-3-5-14/h6-8,12H,2-5H2,1H3. The second-order valence-corrected chi connectivity index (χ2v) is 3.76. The Morgan fingerprint density at radius 2 is 2.20 bits per heavy atom. The van der Waals surface area contributed by atoms with Gasteiger partial charge in [0.05, 0.1) is 0 Å². The van der Waals surface area contributed by atoms with Gasteiger partial charge < -0.3 is 10.2 Å². The average molecular weight is 205 g/mol. The van der Waals surface area contributed by atoms with Gasteiger partial charge in [0.15, 0.2) is 6.29 Å². The molecular weight excluding hydrogens is 190 g/mol. The molecule has 2 heterocycles. The highest BCUT2D eigenvalue weighted by molar-refractivity contribution is 5.75. The second kappa shape index (κ2) is 4.40. The molecule has 15 heavy (non-hydrogen) atoms. The summed E-state index contributed by atoms with van der Waals surface area (Å²) in [6, 6.07) is 1.89. The van der Waals surface area contributed by atoms with Crippen LogP contribution >= 0.6 is 0 Å². The molecule has 0 spiro atoms. The number of hydrogen-bond donors (Lipinski definition) is 1. The van der Waals surface area contributed by atoms with Gasteiger partial charge in [-0.25, -0.2) is 4.98 Å². The van der Waals surface area contributed by atoms with E-state index in [1.54, 1.807) is 6.20 Å². The van der Waals surface area contributed by atoms with E-state index in [1.165, 1.54) is 0 Å². The second-order valence-electron chi connectivity index (χ2n) is 3.76. The Hall–Kier alpha value is -1.42. The summed E-state index contributed by atoms with van der Waals surface area (Å²) >= 11 is 0. The van der Waals surface area contributed by atoms with Gasteiger partial charge in [-0.15, -0.1) is 0 Å². The molecule has 0 unspecified atom stereocenters. The molecule has 1 N–H and O–H groups in total. The fourth-order valence-electron chi connectivity index (χ4n) is 1.86. The summed E-state index contributed by atoms with van der Waals surface area (Å²) < 4.78 is 0. The van der Waals surface area contributed by atoms with E-state index in [-0.39, 0.29) is 0 Å². The van der Waals surface area contributed by atoms with Crippen molar-refractivity contribution in [3.05, 3.63) is 23.4 Å². The van der Waals surface area contributed by atoms with Crippen LogP contribution in [0.3, 0.4) is 0 Å². The Morgan fingerprint density at radius 1 is 1.47 bits per heavy atom. The highest BCUT2D eigenvalue weighted by Gasteiger charge is 2.13. The van der Waals surface area contributed by atoms with Crippen LogP contribution in [-0.2, 0) is 0 Å². The van der Waals surface area contributed by atoms with Crippen molar-refractivity contribution in [1.82, 2.24) is 10.3 Å². The fraction of sp³-hybridized carbons (Fsp3) is 0.455. The third-order valence-corrected chi connectivity index (χ3v) is 2.62. The third kappa shape index (κ3) is 2.15. The molecule has 1 aliphatic heterocycles. The molecule has 0 aromatic carbocycles. The van der Waals surface area contributed by atoms with Gasteiger partial charge in [-0.1, -0.05) is 0 Å². The fourth-order valence-corrected chi connectivity index (χ4v) is 1.86. The molecule has 0 atom stereocenters. The van der Waals surface area contributed by atoms with Crippen LogP contribution in [0.25, 0.3) is 0 Å². The summed E-state index contributed by atoms with van der Waals surface area (Å²) in [5, 5.41) is 3.30. The molecule has 1 aromatic rings. The molecule has 0 bridgehead atoms. The number of hydrogen-bond acceptors (Lipinski definition) is 4. The Morgan fingerprint density at radius 3 is 2.80 bits per heavy atom. The van der Waals surface area contributed by atoms with Crippen molar-refractivity contribution in [3.63, 3.8) is 0 Å². The largest absolute Gasteiger partial charge is 0.354 e. The summed E-state index contributed by atoms with van der Waals surface area (Å²) in [7, 11) is 0. The Bertz CT molecular complexity index is 359. The lowest BCUT2D eigenvalue weighted by atomic mass is 10.2. The predicted octanol–water partition coefficient (Wildman–Crippen LogP) is 0.612. The number of piperazine rings is 1. The lowest BCUT2D eigenvalue weighted by molar-refractivity contribution is 0.112. The SMILES string of the molecule is Cc1cc(C=O)cnc1N1CCNCC1. The number of anilines is 1. The van der Waals surface area contributed by atoms with Gasteiger partial charge in [-0.2, -0.15) is 0 Å². The molecule has 1 saturated heterocycles. The van der Waals surface area contributed by atoms with Crippen molar-refractivity contribution in [1.29, 1.82) is 0 Å². The van der Waals surface area contributed by atoms with Gasteiger partial charge in [-0.05, 0) is 18.6 Å². The van der Waals surface area contributed by atoms with Crippen molar-refractivity contribution < 1.29 is 4.79 Å². The number of rotatable bonds is 2. The minimum absolute atomic E-state index is 0.645. The Kier molecular flexibility index (Phi) is 2.97. The van der Waals surface area contributed by atoms with Crippen LogP contribution in [0, 0.1) is 6.92 Å². The first-order chi connectivity index (χ1) is 7.31. The molecule has 1 aliphatic rings. The molecule has 80 valence electrons. The molecule has 0 saturated carbocycles. The van der Waals surface area contributed by atoms with Crippen molar-refractivity contribution in [2.45, 2.75) is 6.92 Å². The van der Waals surface area contributed by atoms with E-state index < -0.39 is 0 Å². The van der Waals surface area contributed by atoms with Gasteiger partial charge in [-0.3, -0.25) is 4.79 Å². The van der Waals surface area contributed by atoms with E-state index >= 15 is 0 Å². The zero-order chi connectivity index (χ0) is 10.7. The van der Waals surface area contributed by atoms with Gasteiger partial charge in [0.2, 0.25) is 0 Å². The van der Waals surface area contributed by atoms with E-state index in [1.807, 2.05) is 13.0 Å². The van der Waals surface area contributed by atoms with Crippen LogP contribution in [0.5, 0.6) is 0 Å². The minimum atomic E-state index is 0.645. The van der Waals surface area contributed by atoms with E-state index in [4.69, 9.17) is 0 Å². The molecule has 2 rings (SSSR count). The molecule has 4 nitrogen and oxygen atoms in total. The summed E-state index contributed by atoms with van der Waals surface area (Å²) in [5.74, 6) is 1.00. The Labute approximate surface area is 89.3 Å². The lowest BCUT2D eigenvalue weighted by Crippen LogP contribution is -2.44. The number of nitrogens with zero attached hydrogens (tertiary/aromatic N) is 2. The Balaban J connectivity index is 2.23. The zero-order valence-corrected chi connectivity index (χ0v) is 8.86. The van der Waals surface area contributed by atoms with E-state index in [0.29, 0.717) is 5.56 Å². The van der Waals surface area contributed by atoms with Crippen LogP contribution in [0.4, 0.5) is 5.82 Å². The quantitative estimate of drug-likeness (QED) is 0.719. The number of carbonyl (C=O) groups excluding carboxylic acids is 1. The van der Waals surface area contributed by atoms with E-state index in [2.05, 4.69) is 15.2 Å². The van der Waals surface area contributed by atoms with Crippen LogP contribution in [-0.4, -0.2) is 37.4 Å². The number of pyridine rings is 1. The van der Waals surface area contributed by atoms with Gasteiger partial charge in [0.1, 0.15) is 5.82 Å². The molecule has 1 aromatic heterocycles. The van der Waals surface area contributed by atoms with Crippen molar-refractivity contribution in [3.8, 4) is 0 Å². The first-order valence-corrected chi connectivity index (χ1v) is 5.19. The van der Waals surface area contributed by atoms with Crippen molar-refractivity contribution in [2.75, 3.05) is 31.1 Å². The maximum absolute atomic E-state index is 10.6. The maximum Gasteiger partial charge on any atom is 0.151 e. The molecule has 0 aliphatic carbocycles. The molecule has 4 heteroatoms. The highest BCUT2D eigenvalue weighted by Crippen LogP contribution is 2.17. The van der Waals surface area contributed by atoms with Crippen LogP contribution in [0.2, 0.25) is 0 Å². The molecule has 0 amide bonds. The van der Waals surface area contributed by atoms with Crippen LogP contribution in [0.1, 0.15) is 15.9 Å². The number of aromatic nitrogens is 1. The zero-order valence-electron chi connectivity index (χ0n) is 8.86. The normalized spacial score (nSPS) is 16.5. The summed E-state index contributed by atoms with van der Waals surface area (Å²) in [5.41, 5.74) is 1.72. The first kappa shape index (κ1) is 10.1. The lowest BCUT2D eigenvalue weighted by Gasteiger charge is -2.29. The number of nitrogens with one attached hydrogen (secondary N) is 1. The molecule has 0 radical (unpaired) electrons. The first-order valence-electron chi connectivity index (χ1n) is 5.19. The highest BCUT2D eigenvalue weighted by atomic mass is 16.1. The average Bonchev–Trinajstić information content (AvgIpc) is 2.30. The smallest absolute Gasteiger partial charge is 0.151 e. The minimum Gasteiger partial charge on any atom is -0.354 e. The summed E-state index contributed by atoms with van der Waals surface area (Å²) in [6.07, 6.45) is 2.47. The van der Waals surface area contributed by atoms with Gasteiger partial charge in [0.25, 0.3) is 0 Å². The maximum atomic E-state index is 10.6. The van der Waals surface area contributed by atoms with Gasteiger partial charge in [0, 0.05) is 37.9 Å². The molecule has 1 fully saturated rings. The van der Waals surface area contributed by atoms with E-state index in [0.717, 1.165) is 43.8 Å². The monoisotopic (exact) mass is 205 g/mol. The van der Waals surface area contributed by atoms with Gasteiger partial charge >= 0.3 is 0 Å². The van der Waals surface area contributed by atoms with E-state index in [9.17, 15) is 4.79 Å². The third-order valence-electron chi connectivity index (χ3n) is 2.62. The topological polar surface area (TPSA) is 45.2 Å².